The number of pyridine rings is 1. The Morgan fingerprint density at radius 2 is 2.38 bits per heavy atom. The van der Waals surface area contributed by atoms with E-state index in [0.717, 1.165) is 5.57 Å². The Morgan fingerprint density at radius 1 is 1.69 bits per heavy atom. The van der Waals surface area contributed by atoms with Gasteiger partial charge in [-0.25, -0.2) is 0 Å². The van der Waals surface area contributed by atoms with Crippen molar-refractivity contribution in [2.75, 3.05) is 0 Å². The van der Waals surface area contributed by atoms with E-state index in [1.54, 1.807) is 12.1 Å². The van der Waals surface area contributed by atoms with Gasteiger partial charge in [0.15, 0.2) is 0 Å². The normalized spacial score (nSPS) is 12.5. The molecule has 1 rings (SSSR count). The lowest BCUT2D eigenvalue weighted by Gasteiger charge is -2.08. The van der Waals surface area contributed by atoms with E-state index in [9.17, 15) is 5.11 Å². The van der Waals surface area contributed by atoms with Crippen LogP contribution in [0.5, 0.6) is 0 Å². The molecule has 1 N–H and O–H groups in total. The van der Waals surface area contributed by atoms with Gasteiger partial charge in [0.1, 0.15) is 0 Å². The van der Waals surface area contributed by atoms with Crippen molar-refractivity contribution in [1.29, 1.82) is 0 Å². The van der Waals surface area contributed by atoms with Gasteiger partial charge >= 0.3 is 0 Å². The maximum absolute atomic E-state index is 9.62. The van der Waals surface area contributed by atoms with Crippen LogP contribution in [0, 0.1) is 0 Å². The lowest BCUT2D eigenvalue weighted by atomic mass is 10.1. The molecular weight excluding hydrogens is 186 g/mol. The molecule has 0 amide bonds. The van der Waals surface area contributed by atoms with Crippen LogP contribution in [0.1, 0.15) is 25.1 Å². The third kappa shape index (κ3) is 3.17. The minimum atomic E-state index is -0.574. The Bertz CT molecular complexity index is 294. The van der Waals surface area contributed by atoms with Crippen molar-refractivity contribution in [2.24, 2.45) is 0 Å². The molecule has 1 unspecified atom stereocenters. The minimum absolute atomic E-state index is 0.536. The summed E-state index contributed by atoms with van der Waals surface area (Å²) in [4.78, 5) is 4.01. The average molecular weight is 198 g/mol. The Labute approximate surface area is 82.9 Å². The summed E-state index contributed by atoms with van der Waals surface area (Å²) in [5.41, 5.74) is 1.57. The standard InChI is InChI=1S/C10H12ClNO/c1-7(2)5-10(13)9-4-3-8(11)6-12-9/h3-4,6,10,13H,1,5H2,2H3. The molecule has 0 aliphatic heterocycles. The summed E-state index contributed by atoms with van der Waals surface area (Å²) < 4.78 is 0. The van der Waals surface area contributed by atoms with Gasteiger partial charge in [-0.15, -0.1) is 6.58 Å². The van der Waals surface area contributed by atoms with E-state index in [0.29, 0.717) is 17.1 Å². The number of hydrogen-bond acceptors (Lipinski definition) is 2. The molecule has 1 heterocycles. The van der Waals surface area contributed by atoms with E-state index in [-0.39, 0.29) is 0 Å². The van der Waals surface area contributed by atoms with Gasteiger partial charge < -0.3 is 5.11 Å². The number of aliphatic hydroxyl groups excluding tert-OH is 1. The van der Waals surface area contributed by atoms with Crippen LogP contribution < -0.4 is 0 Å². The Morgan fingerprint density at radius 3 is 2.85 bits per heavy atom. The van der Waals surface area contributed by atoms with Gasteiger partial charge in [-0.3, -0.25) is 4.98 Å². The first-order valence-corrected chi connectivity index (χ1v) is 4.41. The molecule has 2 nitrogen and oxygen atoms in total. The van der Waals surface area contributed by atoms with Gasteiger partial charge in [0.2, 0.25) is 0 Å². The molecular formula is C10H12ClNO. The largest absolute Gasteiger partial charge is 0.386 e. The van der Waals surface area contributed by atoms with Gasteiger partial charge in [-0.05, 0) is 25.5 Å². The first-order chi connectivity index (χ1) is 6.09. The van der Waals surface area contributed by atoms with Gasteiger partial charge in [0, 0.05) is 6.20 Å². The van der Waals surface area contributed by atoms with Gasteiger partial charge in [-0.1, -0.05) is 17.2 Å². The summed E-state index contributed by atoms with van der Waals surface area (Å²) in [5.74, 6) is 0. The lowest BCUT2D eigenvalue weighted by molar-refractivity contribution is 0.173. The molecule has 0 fully saturated rings. The topological polar surface area (TPSA) is 33.1 Å². The highest BCUT2D eigenvalue weighted by Gasteiger charge is 2.08. The highest BCUT2D eigenvalue weighted by Crippen LogP contribution is 2.18. The summed E-state index contributed by atoms with van der Waals surface area (Å²) in [6, 6.07) is 3.43. The third-order valence-corrected chi connectivity index (χ3v) is 1.86. The van der Waals surface area contributed by atoms with Crippen molar-refractivity contribution in [3.63, 3.8) is 0 Å². The fraction of sp³-hybridized carbons (Fsp3) is 0.300. The van der Waals surface area contributed by atoms with Crippen molar-refractivity contribution < 1.29 is 5.11 Å². The number of halogens is 1. The van der Waals surface area contributed by atoms with Crippen LogP contribution in [0.2, 0.25) is 5.02 Å². The third-order valence-electron chi connectivity index (χ3n) is 1.63. The molecule has 0 spiro atoms. The van der Waals surface area contributed by atoms with E-state index < -0.39 is 6.10 Å². The predicted molar refractivity (Wildman–Crippen MR) is 53.6 cm³/mol. The highest BCUT2D eigenvalue weighted by atomic mass is 35.5. The SMILES string of the molecule is C=C(C)CC(O)c1ccc(Cl)cn1. The second-order valence-corrected chi connectivity index (χ2v) is 3.51. The van der Waals surface area contributed by atoms with Crippen molar-refractivity contribution in [3.05, 3.63) is 41.2 Å². The molecule has 0 saturated heterocycles. The summed E-state index contributed by atoms with van der Waals surface area (Å²) in [6.07, 6.45) is 1.49. The fourth-order valence-electron chi connectivity index (χ4n) is 1.02. The first kappa shape index (κ1) is 10.2. The smallest absolute Gasteiger partial charge is 0.0996 e. The summed E-state index contributed by atoms with van der Waals surface area (Å²) >= 11 is 5.66. The van der Waals surface area contributed by atoms with Crippen LogP contribution in [0.25, 0.3) is 0 Å². The van der Waals surface area contributed by atoms with Crippen LogP contribution in [0.4, 0.5) is 0 Å². The Kier molecular flexibility index (Phi) is 3.46. The molecule has 0 saturated carbocycles. The van der Waals surface area contributed by atoms with Crippen LogP contribution in [-0.2, 0) is 0 Å². The van der Waals surface area contributed by atoms with Crippen molar-refractivity contribution >= 4 is 11.6 Å². The summed E-state index contributed by atoms with van der Waals surface area (Å²) in [7, 11) is 0. The Balaban J connectivity index is 2.71. The molecule has 0 bridgehead atoms. The van der Waals surface area contributed by atoms with Crippen LogP contribution in [0.15, 0.2) is 30.5 Å². The van der Waals surface area contributed by atoms with Crippen molar-refractivity contribution in [3.8, 4) is 0 Å². The number of rotatable bonds is 3. The molecule has 0 aromatic carbocycles. The monoisotopic (exact) mass is 197 g/mol. The molecule has 13 heavy (non-hydrogen) atoms. The van der Waals surface area contributed by atoms with E-state index in [1.165, 1.54) is 6.20 Å². The Hall–Kier alpha value is -0.860. The molecule has 1 aromatic rings. The molecule has 0 aliphatic carbocycles. The average Bonchev–Trinajstić information content (AvgIpc) is 2.04. The molecule has 0 aliphatic rings. The molecule has 0 radical (unpaired) electrons. The molecule has 3 heteroatoms. The van der Waals surface area contributed by atoms with E-state index in [1.807, 2.05) is 6.92 Å². The first-order valence-electron chi connectivity index (χ1n) is 4.03. The summed E-state index contributed by atoms with van der Waals surface area (Å²) in [6.45, 7) is 5.60. The van der Waals surface area contributed by atoms with E-state index >= 15 is 0 Å². The van der Waals surface area contributed by atoms with Crippen LogP contribution >= 0.6 is 11.6 Å². The van der Waals surface area contributed by atoms with Crippen LogP contribution in [0.3, 0.4) is 0 Å². The number of nitrogens with zero attached hydrogens (tertiary/aromatic N) is 1. The molecule has 1 atom stereocenters. The number of hydrogen-bond donors (Lipinski definition) is 1. The zero-order chi connectivity index (χ0) is 9.84. The summed E-state index contributed by atoms with van der Waals surface area (Å²) in [5, 5.41) is 10.2. The van der Waals surface area contributed by atoms with E-state index in [4.69, 9.17) is 11.6 Å². The van der Waals surface area contributed by atoms with Gasteiger partial charge in [-0.2, -0.15) is 0 Å². The highest BCUT2D eigenvalue weighted by molar-refractivity contribution is 6.30. The quantitative estimate of drug-likeness (QED) is 0.756. The van der Waals surface area contributed by atoms with Crippen molar-refractivity contribution in [1.82, 2.24) is 4.98 Å². The molecule has 70 valence electrons. The molecule has 1 aromatic heterocycles. The lowest BCUT2D eigenvalue weighted by Crippen LogP contribution is -1.99. The maximum atomic E-state index is 9.62. The second-order valence-electron chi connectivity index (χ2n) is 3.08. The maximum Gasteiger partial charge on any atom is 0.0996 e. The minimum Gasteiger partial charge on any atom is -0.386 e. The zero-order valence-corrected chi connectivity index (χ0v) is 8.25. The number of aliphatic hydroxyl groups is 1. The van der Waals surface area contributed by atoms with Gasteiger partial charge in [0.05, 0.1) is 16.8 Å². The fourth-order valence-corrected chi connectivity index (χ4v) is 1.13. The van der Waals surface area contributed by atoms with E-state index in [2.05, 4.69) is 11.6 Å². The predicted octanol–water partition coefficient (Wildman–Crippen LogP) is 2.73. The van der Waals surface area contributed by atoms with Gasteiger partial charge in [0.25, 0.3) is 0 Å². The number of aromatic nitrogens is 1. The zero-order valence-electron chi connectivity index (χ0n) is 7.50. The second kappa shape index (κ2) is 4.40. The van der Waals surface area contributed by atoms with Crippen LogP contribution in [-0.4, -0.2) is 10.1 Å². The van der Waals surface area contributed by atoms with Crippen molar-refractivity contribution in [2.45, 2.75) is 19.4 Å².